The van der Waals surface area contributed by atoms with E-state index in [1.54, 1.807) is 0 Å². The lowest BCUT2D eigenvalue weighted by Gasteiger charge is -2.24. The summed E-state index contributed by atoms with van der Waals surface area (Å²) in [5, 5.41) is 0. The lowest BCUT2D eigenvalue weighted by Crippen LogP contribution is -2.27. The molecule has 3 fully saturated rings. The van der Waals surface area contributed by atoms with Gasteiger partial charge >= 0.3 is 0 Å². The Labute approximate surface area is 91.8 Å². The molecule has 0 N–H and O–H groups in total. The van der Waals surface area contributed by atoms with Crippen LogP contribution in [-0.4, -0.2) is 29.9 Å². The van der Waals surface area contributed by atoms with E-state index in [4.69, 9.17) is 11.6 Å². The van der Waals surface area contributed by atoms with Crippen LogP contribution < -0.4 is 0 Å². The average Bonchev–Trinajstić information content (AvgIpc) is 2.87. The molecule has 2 heteroatoms. The molecule has 14 heavy (non-hydrogen) atoms. The molecule has 1 nitrogen and oxygen atoms in total. The van der Waals surface area contributed by atoms with Crippen LogP contribution in [0.3, 0.4) is 0 Å². The fraction of sp³-hybridized carbons (Fsp3) is 1.00. The number of rotatable bonds is 2. The van der Waals surface area contributed by atoms with Gasteiger partial charge in [0.1, 0.15) is 0 Å². The SMILES string of the molecule is ClC[C@@H]1CC[C@]2(CCN(C3CC3)C2)C1. The first kappa shape index (κ1) is 9.47. The van der Waals surface area contributed by atoms with Crippen LogP contribution in [0.25, 0.3) is 0 Å². The summed E-state index contributed by atoms with van der Waals surface area (Å²) in [4.78, 5) is 2.75. The number of alkyl halides is 1. The molecule has 0 bridgehead atoms. The Bertz CT molecular complexity index is 226. The van der Waals surface area contributed by atoms with Crippen LogP contribution in [0.15, 0.2) is 0 Å². The molecular weight excluding hydrogens is 194 g/mol. The highest BCUT2D eigenvalue weighted by molar-refractivity contribution is 6.18. The predicted octanol–water partition coefficient (Wildman–Crippen LogP) is 2.88. The Kier molecular flexibility index (Phi) is 2.29. The van der Waals surface area contributed by atoms with Crippen LogP contribution in [0.5, 0.6) is 0 Å². The third-order valence-corrected chi connectivity index (χ3v) is 4.99. The molecule has 1 heterocycles. The molecule has 0 unspecified atom stereocenters. The van der Waals surface area contributed by atoms with E-state index in [0.29, 0.717) is 5.41 Å². The van der Waals surface area contributed by atoms with Crippen molar-refractivity contribution in [3.8, 4) is 0 Å². The second-order valence-electron chi connectivity index (χ2n) is 5.71. The summed E-state index contributed by atoms with van der Waals surface area (Å²) in [6, 6.07) is 0.976. The van der Waals surface area contributed by atoms with Crippen molar-refractivity contribution in [2.45, 2.75) is 44.6 Å². The topological polar surface area (TPSA) is 3.24 Å². The number of hydrogen-bond donors (Lipinski definition) is 0. The quantitative estimate of drug-likeness (QED) is 0.638. The second-order valence-corrected chi connectivity index (χ2v) is 6.02. The fourth-order valence-electron chi connectivity index (χ4n) is 3.55. The summed E-state index contributed by atoms with van der Waals surface area (Å²) in [5.41, 5.74) is 0.697. The van der Waals surface area contributed by atoms with Crippen molar-refractivity contribution in [3.05, 3.63) is 0 Å². The molecule has 2 aliphatic carbocycles. The molecule has 2 atom stereocenters. The Hall–Kier alpha value is 0.250. The number of halogens is 1. The molecule has 80 valence electrons. The van der Waals surface area contributed by atoms with Crippen LogP contribution in [0.2, 0.25) is 0 Å². The third-order valence-electron chi connectivity index (χ3n) is 4.55. The van der Waals surface area contributed by atoms with Gasteiger partial charge in [-0.25, -0.2) is 0 Å². The maximum absolute atomic E-state index is 5.97. The number of hydrogen-bond acceptors (Lipinski definition) is 1. The first-order valence-electron chi connectivity index (χ1n) is 6.11. The first-order chi connectivity index (χ1) is 6.81. The molecule has 1 spiro atoms. The molecular formula is C12H20ClN. The Morgan fingerprint density at radius 3 is 2.71 bits per heavy atom. The lowest BCUT2D eigenvalue weighted by atomic mass is 9.85. The van der Waals surface area contributed by atoms with Crippen LogP contribution in [0.4, 0.5) is 0 Å². The van der Waals surface area contributed by atoms with Gasteiger partial charge in [0, 0.05) is 18.5 Å². The minimum Gasteiger partial charge on any atom is -0.300 e. The molecule has 0 aromatic heterocycles. The van der Waals surface area contributed by atoms with E-state index < -0.39 is 0 Å². The highest BCUT2D eigenvalue weighted by Crippen LogP contribution is 2.50. The van der Waals surface area contributed by atoms with E-state index in [2.05, 4.69) is 4.90 Å². The lowest BCUT2D eigenvalue weighted by molar-refractivity contribution is 0.250. The molecule has 0 radical (unpaired) electrons. The van der Waals surface area contributed by atoms with Gasteiger partial charge < -0.3 is 0 Å². The summed E-state index contributed by atoms with van der Waals surface area (Å²) >= 11 is 5.97. The van der Waals surface area contributed by atoms with Crippen molar-refractivity contribution < 1.29 is 0 Å². The molecule has 1 aliphatic heterocycles. The van der Waals surface area contributed by atoms with Crippen molar-refractivity contribution in [3.63, 3.8) is 0 Å². The second kappa shape index (κ2) is 3.38. The third kappa shape index (κ3) is 1.59. The Morgan fingerprint density at radius 1 is 1.21 bits per heavy atom. The highest BCUT2D eigenvalue weighted by Gasteiger charge is 2.46. The standard InChI is InChI=1S/C12H20ClN/c13-8-10-3-4-12(7-10)5-6-14(9-12)11-1-2-11/h10-11H,1-9H2/t10-,12+/m1/s1. The maximum Gasteiger partial charge on any atom is 0.0251 e. The van der Waals surface area contributed by atoms with Gasteiger partial charge in [0.2, 0.25) is 0 Å². The average molecular weight is 214 g/mol. The molecule has 0 amide bonds. The van der Waals surface area contributed by atoms with Gasteiger partial charge in [0.15, 0.2) is 0 Å². The molecule has 2 saturated carbocycles. The van der Waals surface area contributed by atoms with Crippen LogP contribution in [0.1, 0.15) is 38.5 Å². The molecule has 3 aliphatic rings. The largest absolute Gasteiger partial charge is 0.300 e. The van der Waals surface area contributed by atoms with Crippen LogP contribution >= 0.6 is 11.6 Å². The van der Waals surface area contributed by atoms with Crippen molar-refractivity contribution in [2.24, 2.45) is 11.3 Å². The van der Waals surface area contributed by atoms with E-state index in [1.807, 2.05) is 0 Å². The van der Waals surface area contributed by atoms with E-state index >= 15 is 0 Å². The fourth-order valence-corrected chi connectivity index (χ4v) is 3.81. The van der Waals surface area contributed by atoms with Crippen molar-refractivity contribution in [1.82, 2.24) is 4.90 Å². The molecule has 0 aromatic carbocycles. The summed E-state index contributed by atoms with van der Waals surface area (Å²) in [6.45, 7) is 2.77. The summed E-state index contributed by atoms with van der Waals surface area (Å²) in [7, 11) is 0. The first-order valence-corrected chi connectivity index (χ1v) is 6.65. The zero-order valence-corrected chi connectivity index (χ0v) is 9.60. The summed E-state index contributed by atoms with van der Waals surface area (Å²) in [6.07, 6.45) is 8.65. The van der Waals surface area contributed by atoms with Crippen molar-refractivity contribution in [1.29, 1.82) is 0 Å². The number of likely N-dealkylation sites (tertiary alicyclic amines) is 1. The van der Waals surface area contributed by atoms with Gasteiger partial charge in [-0.3, -0.25) is 4.90 Å². The van der Waals surface area contributed by atoms with Crippen molar-refractivity contribution in [2.75, 3.05) is 19.0 Å². The van der Waals surface area contributed by atoms with E-state index in [-0.39, 0.29) is 0 Å². The summed E-state index contributed by atoms with van der Waals surface area (Å²) in [5.74, 6) is 1.72. The molecule has 1 saturated heterocycles. The van der Waals surface area contributed by atoms with E-state index in [0.717, 1.165) is 17.8 Å². The minimum atomic E-state index is 0.697. The van der Waals surface area contributed by atoms with Gasteiger partial charge in [-0.1, -0.05) is 0 Å². The highest BCUT2D eigenvalue weighted by atomic mass is 35.5. The van der Waals surface area contributed by atoms with Gasteiger partial charge in [-0.2, -0.15) is 0 Å². The molecule has 0 aromatic rings. The maximum atomic E-state index is 5.97. The van der Waals surface area contributed by atoms with Crippen LogP contribution in [-0.2, 0) is 0 Å². The summed E-state index contributed by atoms with van der Waals surface area (Å²) < 4.78 is 0. The Balaban J connectivity index is 1.63. The Morgan fingerprint density at radius 2 is 2.07 bits per heavy atom. The zero-order chi connectivity index (χ0) is 9.60. The predicted molar refractivity (Wildman–Crippen MR) is 59.7 cm³/mol. The normalized spacial score (nSPS) is 43.9. The zero-order valence-electron chi connectivity index (χ0n) is 8.84. The smallest absolute Gasteiger partial charge is 0.0251 e. The van der Waals surface area contributed by atoms with Crippen LogP contribution in [0, 0.1) is 11.3 Å². The van der Waals surface area contributed by atoms with Gasteiger partial charge in [-0.15, -0.1) is 11.6 Å². The van der Waals surface area contributed by atoms with Gasteiger partial charge in [0.05, 0.1) is 0 Å². The number of nitrogens with zero attached hydrogens (tertiary/aromatic N) is 1. The van der Waals surface area contributed by atoms with Gasteiger partial charge in [0.25, 0.3) is 0 Å². The van der Waals surface area contributed by atoms with Crippen molar-refractivity contribution >= 4 is 11.6 Å². The monoisotopic (exact) mass is 213 g/mol. The molecule has 3 rings (SSSR count). The minimum absolute atomic E-state index is 0.697. The van der Waals surface area contributed by atoms with E-state index in [1.165, 1.54) is 51.6 Å². The van der Waals surface area contributed by atoms with Gasteiger partial charge in [-0.05, 0) is 56.4 Å². The van der Waals surface area contributed by atoms with E-state index in [9.17, 15) is 0 Å².